The van der Waals surface area contributed by atoms with E-state index in [4.69, 9.17) is 4.74 Å². The van der Waals surface area contributed by atoms with E-state index in [2.05, 4.69) is 0 Å². The van der Waals surface area contributed by atoms with E-state index < -0.39 is 10.5 Å². The van der Waals surface area contributed by atoms with Crippen molar-refractivity contribution in [3.63, 3.8) is 0 Å². The predicted octanol–water partition coefficient (Wildman–Crippen LogP) is 3.36. The number of hydrogen-bond acceptors (Lipinski definition) is 4. The van der Waals surface area contributed by atoms with Gasteiger partial charge in [0.1, 0.15) is 11.4 Å². The summed E-state index contributed by atoms with van der Waals surface area (Å²) in [6.45, 7) is 7.14. The first-order valence-electron chi connectivity index (χ1n) is 5.75. The molecule has 0 radical (unpaired) electrons. The predicted molar refractivity (Wildman–Crippen MR) is 68.1 cm³/mol. The standard InChI is InChI=1S/C13H17NO4/c1-5-13(3,4)18-12-7-6-10(14(16)17)8-11(12)9(2)15/h6-8H,5H2,1-4H3. The number of ketones is 1. The number of hydrogen-bond donors (Lipinski definition) is 0. The summed E-state index contributed by atoms with van der Waals surface area (Å²) in [5.41, 5.74) is -0.284. The molecule has 5 heteroatoms. The molecule has 0 aliphatic rings. The van der Waals surface area contributed by atoms with Crippen LogP contribution in [0.1, 0.15) is 44.5 Å². The molecule has 0 spiro atoms. The Labute approximate surface area is 106 Å². The van der Waals surface area contributed by atoms with Crippen LogP contribution in [0.2, 0.25) is 0 Å². The maximum absolute atomic E-state index is 11.5. The zero-order chi connectivity index (χ0) is 13.9. The van der Waals surface area contributed by atoms with Crippen molar-refractivity contribution < 1.29 is 14.5 Å². The average Bonchev–Trinajstić information content (AvgIpc) is 2.28. The third-order valence-electron chi connectivity index (χ3n) is 2.79. The molecule has 0 aliphatic heterocycles. The van der Waals surface area contributed by atoms with Crippen molar-refractivity contribution >= 4 is 11.5 Å². The smallest absolute Gasteiger partial charge is 0.270 e. The monoisotopic (exact) mass is 251 g/mol. The summed E-state index contributed by atoms with van der Waals surface area (Å²) in [6.07, 6.45) is 0.765. The molecular weight excluding hydrogens is 234 g/mol. The number of benzene rings is 1. The van der Waals surface area contributed by atoms with Gasteiger partial charge >= 0.3 is 0 Å². The minimum Gasteiger partial charge on any atom is -0.487 e. The van der Waals surface area contributed by atoms with Gasteiger partial charge < -0.3 is 4.74 Å². The third kappa shape index (κ3) is 3.29. The van der Waals surface area contributed by atoms with Crippen LogP contribution in [0.4, 0.5) is 5.69 Å². The van der Waals surface area contributed by atoms with Crippen LogP contribution in [0.25, 0.3) is 0 Å². The second-order valence-corrected chi connectivity index (χ2v) is 4.71. The van der Waals surface area contributed by atoms with Crippen molar-refractivity contribution in [2.75, 3.05) is 0 Å². The Morgan fingerprint density at radius 1 is 1.44 bits per heavy atom. The maximum Gasteiger partial charge on any atom is 0.270 e. The largest absolute Gasteiger partial charge is 0.487 e. The highest BCUT2D eigenvalue weighted by atomic mass is 16.6. The second-order valence-electron chi connectivity index (χ2n) is 4.71. The molecule has 0 bridgehead atoms. The molecule has 0 N–H and O–H groups in total. The molecule has 0 aromatic heterocycles. The lowest BCUT2D eigenvalue weighted by molar-refractivity contribution is -0.384. The van der Waals surface area contributed by atoms with Gasteiger partial charge in [-0.1, -0.05) is 6.92 Å². The number of nitro groups is 1. The fourth-order valence-corrected chi connectivity index (χ4v) is 1.37. The van der Waals surface area contributed by atoms with Crippen molar-refractivity contribution in [1.82, 2.24) is 0 Å². The number of non-ortho nitro benzene ring substituents is 1. The molecule has 0 fully saturated rings. The number of carbonyl (C=O) groups is 1. The Hall–Kier alpha value is -1.91. The quantitative estimate of drug-likeness (QED) is 0.457. The first-order chi connectivity index (χ1) is 8.26. The zero-order valence-electron chi connectivity index (χ0n) is 11.0. The van der Waals surface area contributed by atoms with Gasteiger partial charge in [0.2, 0.25) is 0 Å². The van der Waals surface area contributed by atoms with E-state index in [1.807, 2.05) is 20.8 Å². The molecule has 0 saturated heterocycles. The molecule has 5 nitrogen and oxygen atoms in total. The van der Waals surface area contributed by atoms with Gasteiger partial charge in [-0.15, -0.1) is 0 Å². The SMILES string of the molecule is CCC(C)(C)Oc1ccc([N+](=O)[O-])cc1C(C)=O. The molecule has 0 heterocycles. The van der Waals surface area contributed by atoms with Crippen LogP contribution in [0.3, 0.4) is 0 Å². The lowest BCUT2D eigenvalue weighted by Gasteiger charge is -2.25. The summed E-state index contributed by atoms with van der Waals surface area (Å²) >= 11 is 0. The fourth-order valence-electron chi connectivity index (χ4n) is 1.37. The van der Waals surface area contributed by atoms with Gasteiger partial charge in [0.05, 0.1) is 10.5 Å². The summed E-state index contributed by atoms with van der Waals surface area (Å²) in [4.78, 5) is 21.7. The molecule has 0 aliphatic carbocycles. The van der Waals surface area contributed by atoms with Gasteiger partial charge in [-0.05, 0) is 33.3 Å². The van der Waals surface area contributed by atoms with Gasteiger partial charge in [-0.3, -0.25) is 14.9 Å². The van der Waals surface area contributed by atoms with Crippen molar-refractivity contribution in [1.29, 1.82) is 0 Å². The van der Waals surface area contributed by atoms with Crippen LogP contribution in [0, 0.1) is 10.1 Å². The lowest BCUT2D eigenvalue weighted by Crippen LogP contribution is -2.27. The summed E-state index contributed by atoms with van der Waals surface area (Å²) < 4.78 is 5.73. The number of rotatable bonds is 5. The number of nitro benzene ring substituents is 1. The Bertz CT molecular complexity index is 480. The number of ether oxygens (including phenoxy) is 1. The van der Waals surface area contributed by atoms with Crippen LogP contribution in [0.5, 0.6) is 5.75 Å². The summed E-state index contributed by atoms with van der Waals surface area (Å²) in [5.74, 6) is 0.139. The fraction of sp³-hybridized carbons (Fsp3) is 0.462. The van der Waals surface area contributed by atoms with Gasteiger partial charge in [0.15, 0.2) is 5.78 Å². The first kappa shape index (κ1) is 14.2. The summed E-state index contributed by atoms with van der Waals surface area (Å²) in [7, 11) is 0. The van der Waals surface area contributed by atoms with Crippen LogP contribution in [-0.4, -0.2) is 16.3 Å². The first-order valence-corrected chi connectivity index (χ1v) is 5.75. The molecule has 1 rings (SSSR count). The third-order valence-corrected chi connectivity index (χ3v) is 2.79. The number of carbonyl (C=O) groups excluding carboxylic acids is 1. The van der Waals surface area contributed by atoms with Crippen LogP contribution >= 0.6 is 0 Å². The molecule has 0 unspecified atom stereocenters. The summed E-state index contributed by atoms with van der Waals surface area (Å²) in [6, 6.07) is 4.07. The Balaban J connectivity index is 3.20. The highest BCUT2D eigenvalue weighted by molar-refractivity contribution is 5.97. The van der Waals surface area contributed by atoms with E-state index in [0.29, 0.717) is 5.75 Å². The molecule has 0 atom stereocenters. The highest BCUT2D eigenvalue weighted by Crippen LogP contribution is 2.28. The van der Waals surface area contributed by atoms with E-state index in [0.717, 1.165) is 6.42 Å². The van der Waals surface area contributed by atoms with Gasteiger partial charge in [-0.2, -0.15) is 0 Å². The minimum atomic E-state index is -0.527. The van der Waals surface area contributed by atoms with Gasteiger partial charge in [-0.25, -0.2) is 0 Å². The Morgan fingerprint density at radius 2 is 2.06 bits per heavy atom. The molecule has 1 aromatic carbocycles. The van der Waals surface area contributed by atoms with Crippen molar-refractivity contribution in [2.45, 2.75) is 39.7 Å². The molecular formula is C13H17NO4. The van der Waals surface area contributed by atoms with Crippen LogP contribution < -0.4 is 4.74 Å². The van der Waals surface area contributed by atoms with E-state index in [1.165, 1.54) is 25.1 Å². The Kier molecular flexibility index (Phi) is 4.06. The Morgan fingerprint density at radius 3 is 2.50 bits per heavy atom. The molecule has 18 heavy (non-hydrogen) atoms. The zero-order valence-corrected chi connectivity index (χ0v) is 11.0. The lowest BCUT2D eigenvalue weighted by atomic mass is 10.1. The number of nitrogens with zero attached hydrogens (tertiary/aromatic N) is 1. The van der Waals surface area contributed by atoms with Gasteiger partial charge in [0, 0.05) is 12.1 Å². The maximum atomic E-state index is 11.5. The molecule has 0 amide bonds. The van der Waals surface area contributed by atoms with Crippen molar-refractivity contribution in [3.8, 4) is 5.75 Å². The van der Waals surface area contributed by atoms with Crippen LogP contribution in [0.15, 0.2) is 18.2 Å². The second kappa shape index (κ2) is 5.16. The van der Waals surface area contributed by atoms with Gasteiger partial charge in [0.25, 0.3) is 5.69 Å². The van der Waals surface area contributed by atoms with Crippen LogP contribution in [-0.2, 0) is 0 Å². The topological polar surface area (TPSA) is 69.4 Å². The van der Waals surface area contributed by atoms with E-state index in [-0.39, 0.29) is 17.0 Å². The molecule has 0 saturated carbocycles. The normalized spacial score (nSPS) is 11.1. The minimum absolute atomic E-state index is 0.109. The highest BCUT2D eigenvalue weighted by Gasteiger charge is 2.21. The molecule has 1 aromatic rings. The van der Waals surface area contributed by atoms with Crippen molar-refractivity contribution in [3.05, 3.63) is 33.9 Å². The van der Waals surface area contributed by atoms with Crippen molar-refractivity contribution in [2.24, 2.45) is 0 Å². The molecule has 98 valence electrons. The van der Waals surface area contributed by atoms with E-state index in [9.17, 15) is 14.9 Å². The average molecular weight is 251 g/mol. The summed E-state index contributed by atoms with van der Waals surface area (Å²) in [5, 5.41) is 10.7. The van der Waals surface area contributed by atoms with E-state index >= 15 is 0 Å². The number of Topliss-reactive ketones (excluding diaryl/α,β-unsaturated/α-hetero) is 1. The van der Waals surface area contributed by atoms with E-state index in [1.54, 1.807) is 0 Å².